The third-order valence-corrected chi connectivity index (χ3v) is 4.48. The molecule has 3 rings (SSSR count). The number of furan rings is 1. The van der Waals surface area contributed by atoms with Gasteiger partial charge in [-0.25, -0.2) is 4.98 Å². The zero-order chi connectivity index (χ0) is 17.3. The highest BCUT2D eigenvalue weighted by Gasteiger charge is 2.19. The first kappa shape index (κ1) is 16.3. The second-order valence-electron chi connectivity index (χ2n) is 5.90. The van der Waals surface area contributed by atoms with E-state index in [1.807, 2.05) is 29.0 Å². The standard InChI is InChI=1S/C17H20N4O2S/c1-10(2)19-17-20-14(9-24-17)15-7-13(16(18)22)11(3)21(15)8-12-5-4-6-23-12/h4-7,9-10H,8H2,1-3H3,(H2,18,22)(H,19,20). The van der Waals surface area contributed by atoms with Gasteiger partial charge < -0.3 is 20.0 Å². The predicted octanol–water partition coefficient (Wildman–Crippen LogP) is 3.48. The summed E-state index contributed by atoms with van der Waals surface area (Å²) in [6.45, 7) is 6.53. The summed E-state index contributed by atoms with van der Waals surface area (Å²) in [4.78, 5) is 16.4. The summed E-state index contributed by atoms with van der Waals surface area (Å²) in [7, 11) is 0. The number of nitrogens with two attached hydrogens (primary N) is 1. The van der Waals surface area contributed by atoms with Crippen LogP contribution >= 0.6 is 11.3 Å². The number of amides is 1. The van der Waals surface area contributed by atoms with Crippen LogP contribution < -0.4 is 11.1 Å². The number of carbonyl (C=O) groups is 1. The summed E-state index contributed by atoms with van der Waals surface area (Å²) in [5.41, 5.74) is 8.49. The van der Waals surface area contributed by atoms with Crippen molar-refractivity contribution >= 4 is 22.4 Å². The molecule has 7 heteroatoms. The fourth-order valence-corrected chi connectivity index (χ4v) is 3.43. The maximum absolute atomic E-state index is 11.7. The van der Waals surface area contributed by atoms with E-state index in [1.54, 1.807) is 12.3 Å². The topological polar surface area (TPSA) is 86.1 Å². The molecule has 0 unspecified atom stereocenters. The lowest BCUT2D eigenvalue weighted by Gasteiger charge is -2.09. The Kier molecular flexibility index (Phi) is 4.44. The smallest absolute Gasteiger partial charge is 0.250 e. The lowest BCUT2D eigenvalue weighted by molar-refractivity contribution is 0.0999. The van der Waals surface area contributed by atoms with Gasteiger partial charge in [-0.05, 0) is 39.0 Å². The molecule has 0 radical (unpaired) electrons. The van der Waals surface area contributed by atoms with E-state index in [0.29, 0.717) is 18.2 Å². The van der Waals surface area contributed by atoms with Crippen LogP contribution in [-0.4, -0.2) is 21.5 Å². The van der Waals surface area contributed by atoms with Crippen molar-refractivity contribution in [1.29, 1.82) is 0 Å². The molecule has 24 heavy (non-hydrogen) atoms. The summed E-state index contributed by atoms with van der Waals surface area (Å²) < 4.78 is 7.45. The Morgan fingerprint density at radius 3 is 2.92 bits per heavy atom. The first-order valence-electron chi connectivity index (χ1n) is 7.70. The highest BCUT2D eigenvalue weighted by Crippen LogP contribution is 2.30. The molecule has 0 saturated heterocycles. The van der Waals surface area contributed by atoms with E-state index in [-0.39, 0.29) is 0 Å². The number of nitrogens with zero attached hydrogens (tertiary/aromatic N) is 2. The summed E-state index contributed by atoms with van der Waals surface area (Å²) in [6.07, 6.45) is 1.64. The fourth-order valence-electron chi connectivity index (χ4n) is 2.57. The minimum atomic E-state index is -0.442. The zero-order valence-corrected chi connectivity index (χ0v) is 14.7. The van der Waals surface area contributed by atoms with E-state index >= 15 is 0 Å². The van der Waals surface area contributed by atoms with Crippen LogP contribution in [-0.2, 0) is 6.54 Å². The molecule has 0 aliphatic rings. The molecular weight excluding hydrogens is 324 g/mol. The van der Waals surface area contributed by atoms with E-state index in [1.165, 1.54) is 11.3 Å². The SMILES string of the molecule is Cc1c(C(N)=O)cc(-c2csc(NC(C)C)n2)n1Cc1ccco1. The van der Waals surface area contributed by atoms with Crippen molar-refractivity contribution in [1.82, 2.24) is 9.55 Å². The van der Waals surface area contributed by atoms with Gasteiger partial charge in [0.1, 0.15) is 5.76 Å². The van der Waals surface area contributed by atoms with Gasteiger partial charge in [-0.3, -0.25) is 4.79 Å². The quantitative estimate of drug-likeness (QED) is 0.717. The predicted molar refractivity (Wildman–Crippen MR) is 95.4 cm³/mol. The van der Waals surface area contributed by atoms with Crippen molar-refractivity contribution < 1.29 is 9.21 Å². The minimum absolute atomic E-state index is 0.307. The van der Waals surface area contributed by atoms with Crippen LogP contribution in [0, 0.1) is 6.92 Å². The second kappa shape index (κ2) is 6.52. The minimum Gasteiger partial charge on any atom is -0.467 e. The van der Waals surface area contributed by atoms with Gasteiger partial charge in [0.15, 0.2) is 5.13 Å². The van der Waals surface area contributed by atoms with E-state index in [4.69, 9.17) is 10.2 Å². The second-order valence-corrected chi connectivity index (χ2v) is 6.75. The van der Waals surface area contributed by atoms with Crippen LogP contribution in [0.3, 0.4) is 0 Å². The lowest BCUT2D eigenvalue weighted by Crippen LogP contribution is -2.12. The maximum Gasteiger partial charge on any atom is 0.250 e. The van der Waals surface area contributed by atoms with E-state index < -0.39 is 5.91 Å². The molecule has 3 N–H and O–H groups in total. The van der Waals surface area contributed by atoms with E-state index in [2.05, 4.69) is 24.1 Å². The van der Waals surface area contributed by atoms with Crippen LogP contribution in [0.2, 0.25) is 0 Å². The van der Waals surface area contributed by atoms with Gasteiger partial charge in [0.05, 0.1) is 29.8 Å². The summed E-state index contributed by atoms with van der Waals surface area (Å²) in [5.74, 6) is 0.365. The van der Waals surface area contributed by atoms with E-state index in [0.717, 1.165) is 28.0 Å². The maximum atomic E-state index is 11.7. The van der Waals surface area contributed by atoms with Crippen molar-refractivity contribution in [3.05, 3.63) is 46.9 Å². The molecule has 3 aromatic rings. The van der Waals surface area contributed by atoms with Gasteiger partial charge in [-0.15, -0.1) is 11.3 Å². The molecule has 6 nitrogen and oxygen atoms in total. The number of thiazole rings is 1. The molecule has 1 amide bonds. The average molecular weight is 344 g/mol. The number of carbonyl (C=O) groups excluding carboxylic acids is 1. The fraction of sp³-hybridized carbons (Fsp3) is 0.294. The third kappa shape index (κ3) is 3.21. The Balaban J connectivity index is 2.03. The highest BCUT2D eigenvalue weighted by atomic mass is 32.1. The normalized spacial score (nSPS) is 11.2. The molecule has 3 heterocycles. The van der Waals surface area contributed by atoms with Gasteiger partial charge in [0.25, 0.3) is 5.91 Å². The monoisotopic (exact) mass is 344 g/mol. The van der Waals surface area contributed by atoms with Crippen molar-refractivity contribution in [2.24, 2.45) is 5.73 Å². The molecule has 0 spiro atoms. The van der Waals surface area contributed by atoms with Crippen molar-refractivity contribution in [3.8, 4) is 11.4 Å². The van der Waals surface area contributed by atoms with Crippen molar-refractivity contribution in [3.63, 3.8) is 0 Å². The molecule has 0 bridgehead atoms. The van der Waals surface area contributed by atoms with Gasteiger partial charge in [0.2, 0.25) is 0 Å². The Bertz CT molecular complexity index is 846. The van der Waals surface area contributed by atoms with Crippen molar-refractivity contribution in [2.75, 3.05) is 5.32 Å². The van der Waals surface area contributed by atoms with Crippen LogP contribution in [0.5, 0.6) is 0 Å². The first-order chi connectivity index (χ1) is 11.5. The van der Waals surface area contributed by atoms with Gasteiger partial charge in [0, 0.05) is 17.1 Å². The molecule has 0 aromatic carbocycles. The van der Waals surface area contributed by atoms with Crippen LogP contribution in [0.25, 0.3) is 11.4 Å². The average Bonchev–Trinajstić information content (AvgIpc) is 3.21. The van der Waals surface area contributed by atoms with Crippen LogP contribution in [0.1, 0.15) is 35.7 Å². The van der Waals surface area contributed by atoms with Gasteiger partial charge >= 0.3 is 0 Å². The van der Waals surface area contributed by atoms with Crippen LogP contribution in [0.4, 0.5) is 5.13 Å². The third-order valence-electron chi connectivity index (χ3n) is 3.70. The Morgan fingerprint density at radius 1 is 1.50 bits per heavy atom. The number of nitrogens with one attached hydrogen (secondary N) is 1. The van der Waals surface area contributed by atoms with Gasteiger partial charge in [-0.2, -0.15) is 0 Å². The number of hydrogen-bond donors (Lipinski definition) is 2. The molecule has 0 fully saturated rings. The number of primary amides is 1. The number of hydrogen-bond acceptors (Lipinski definition) is 5. The van der Waals surface area contributed by atoms with Gasteiger partial charge in [-0.1, -0.05) is 0 Å². The summed E-state index contributed by atoms with van der Waals surface area (Å²) >= 11 is 1.54. The molecule has 0 aliphatic heterocycles. The van der Waals surface area contributed by atoms with Crippen LogP contribution in [0.15, 0.2) is 34.3 Å². The first-order valence-corrected chi connectivity index (χ1v) is 8.58. The molecule has 3 aromatic heterocycles. The largest absolute Gasteiger partial charge is 0.467 e. The Morgan fingerprint density at radius 2 is 2.29 bits per heavy atom. The number of rotatable bonds is 6. The molecule has 0 saturated carbocycles. The number of anilines is 1. The van der Waals surface area contributed by atoms with E-state index in [9.17, 15) is 4.79 Å². The zero-order valence-electron chi connectivity index (χ0n) is 13.9. The molecule has 0 atom stereocenters. The Labute approximate surface area is 144 Å². The molecule has 126 valence electrons. The Hall–Kier alpha value is -2.54. The molecule has 0 aliphatic carbocycles. The summed E-state index contributed by atoms with van der Waals surface area (Å²) in [6, 6.07) is 5.85. The lowest BCUT2D eigenvalue weighted by atomic mass is 10.2. The summed E-state index contributed by atoms with van der Waals surface area (Å²) in [5, 5.41) is 6.12. The highest BCUT2D eigenvalue weighted by molar-refractivity contribution is 7.14. The number of aromatic nitrogens is 2. The molecular formula is C17H20N4O2S. The van der Waals surface area contributed by atoms with Crippen molar-refractivity contribution in [2.45, 2.75) is 33.4 Å².